The standard InChI is InChI=1S/C12H8ClN5O/c13-12-17-10-9(7(4-14)5-15-10)11(18-12)16-6-8-2-1-3-19-8/h1-3,5H,6H2,(H2,15,16,17,18). The first-order chi connectivity index (χ1) is 9.28. The molecular weight excluding hydrogens is 266 g/mol. The van der Waals surface area contributed by atoms with Crippen molar-refractivity contribution in [2.75, 3.05) is 5.32 Å². The van der Waals surface area contributed by atoms with Crippen LogP contribution in [0, 0.1) is 11.3 Å². The Balaban J connectivity index is 2.01. The average Bonchev–Trinajstić information content (AvgIpc) is 3.04. The van der Waals surface area contributed by atoms with E-state index in [2.05, 4.69) is 26.3 Å². The number of anilines is 1. The fraction of sp³-hybridized carbons (Fsp3) is 0.0833. The molecule has 0 spiro atoms. The van der Waals surface area contributed by atoms with E-state index >= 15 is 0 Å². The third-order valence-electron chi connectivity index (χ3n) is 2.63. The lowest BCUT2D eigenvalue weighted by Gasteiger charge is -2.05. The van der Waals surface area contributed by atoms with Crippen molar-refractivity contribution in [3.8, 4) is 6.07 Å². The molecule has 0 saturated carbocycles. The number of aromatic nitrogens is 3. The van der Waals surface area contributed by atoms with E-state index < -0.39 is 0 Å². The summed E-state index contributed by atoms with van der Waals surface area (Å²) >= 11 is 5.85. The predicted octanol–water partition coefficient (Wildman–Crippen LogP) is 2.69. The molecule has 0 radical (unpaired) electrons. The van der Waals surface area contributed by atoms with Crippen molar-refractivity contribution in [1.29, 1.82) is 5.26 Å². The molecule has 0 amide bonds. The summed E-state index contributed by atoms with van der Waals surface area (Å²) in [5.41, 5.74) is 0.993. The normalized spacial score (nSPS) is 10.5. The highest BCUT2D eigenvalue weighted by molar-refractivity contribution is 6.28. The van der Waals surface area contributed by atoms with E-state index in [1.165, 1.54) is 0 Å². The predicted molar refractivity (Wildman–Crippen MR) is 69.6 cm³/mol. The topological polar surface area (TPSA) is 90.5 Å². The highest BCUT2D eigenvalue weighted by Gasteiger charge is 2.13. The van der Waals surface area contributed by atoms with Crippen molar-refractivity contribution < 1.29 is 4.42 Å². The molecule has 0 atom stereocenters. The molecule has 3 rings (SSSR count). The Bertz CT molecular complexity index is 756. The van der Waals surface area contributed by atoms with Crippen LogP contribution in [-0.4, -0.2) is 15.0 Å². The Morgan fingerprint density at radius 3 is 3.11 bits per heavy atom. The largest absolute Gasteiger partial charge is 0.467 e. The molecule has 0 aliphatic rings. The Labute approximate surface area is 113 Å². The molecule has 0 saturated heterocycles. The number of furan rings is 1. The van der Waals surface area contributed by atoms with Gasteiger partial charge in [0, 0.05) is 6.20 Å². The van der Waals surface area contributed by atoms with Crippen LogP contribution in [0.2, 0.25) is 5.28 Å². The molecule has 0 aliphatic heterocycles. The zero-order chi connectivity index (χ0) is 13.2. The van der Waals surface area contributed by atoms with Crippen molar-refractivity contribution in [3.63, 3.8) is 0 Å². The van der Waals surface area contributed by atoms with Crippen molar-refractivity contribution in [3.05, 3.63) is 41.2 Å². The van der Waals surface area contributed by atoms with Crippen LogP contribution in [-0.2, 0) is 6.54 Å². The van der Waals surface area contributed by atoms with Crippen molar-refractivity contribution in [1.82, 2.24) is 15.0 Å². The minimum atomic E-state index is 0.112. The zero-order valence-electron chi connectivity index (χ0n) is 9.64. The monoisotopic (exact) mass is 273 g/mol. The summed E-state index contributed by atoms with van der Waals surface area (Å²) in [6.45, 7) is 0.450. The van der Waals surface area contributed by atoms with Gasteiger partial charge in [-0.15, -0.1) is 0 Å². The zero-order valence-corrected chi connectivity index (χ0v) is 10.4. The average molecular weight is 274 g/mol. The van der Waals surface area contributed by atoms with E-state index in [4.69, 9.17) is 21.3 Å². The van der Waals surface area contributed by atoms with Gasteiger partial charge in [-0.05, 0) is 23.7 Å². The molecule has 0 aliphatic carbocycles. The minimum Gasteiger partial charge on any atom is -0.467 e. The summed E-state index contributed by atoms with van der Waals surface area (Å²) in [7, 11) is 0. The first-order valence-corrected chi connectivity index (χ1v) is 5.86. The van der Waals surface area contributed by atoms with E-state index in [1.807, 2.05) is 6.07 Å². The molecule has 3 aromatic rings. The molecule has 6 nitrogen and oxygen atoms in total. The smallest absolute Gasteiger partial charge is 0.226 e. The first-order valence-electron chi connectivity index (χ1n) is 5.49. The van der Waals surface area contributed by atoms with E-state index in [-0.39, 0.29) is 5.28 Å². The van der Waals surface area contributed by atoms with Crippen LogP contribution in [0.25, 0.3) is 11.0 Å². The Kier molecular flexibility index (Phi) is 2.82. The molecular formula is C12H8ClN5O. The van der Waals surface area contributed by atoms with Gasteiger partial charge in [0.25, 0.3) is 0 Å². The van der Waals surface area contributed by atoms with Crippen LogP contribution in [0.3, 0.4) is 0 Å². The van der Waals surface area contributed by atoms with Crippen molar-refractivity contribution in [2.24, 2.45) is 0 Å². The fourth-order valence-electron chi connectivity index (χ4n) is 1.81. The number of halogens is 1. The molecule has 3 aromatic heterocycles. The molecule has 0 fully saturated rings. The highest BCUT2D eigenvalue weighted by atomic mass is 35.5. The summed E-state index contributed by atoms with van der Waals surface area (Å²) in [4.78, 5) is 11.0. The van der Waals surface area contributed by atoms with Gasteiger partial charge in [0.2, 0.25) is 5.28 Å². The van der Waals surface area contributed by atoms with Gasteiger partial charge in [-0.3, -0.25) is 0 Å². The second-order valence-electron chi connectivity index (χ2n) is 3.81. The molecule has 0 bridgehead atoms. The third-order valence-corrected chi connectivity index (χ3v) is 2.80. The number of nitriles is 1. The van der Waals surface area contributed by atoms with Crippen LogP contribution in [0.15, 0.2) is 29.0 Å². The number of aromatic amines is 1. The summed E-state index contributed by atoms with van der Waals surface area (Å²) in [5.74, 6) is 1.26. The van der Waals surface area contributed by atoms with Gasteiger partial charge in [0.15, 0.2) is 0 Å². The molecule has 94 valence electrons. The van der Waals surface area contributed by atoms with Crippen LogP contribution >= 0.6 is 11.6 Å². The number of hydrogen-bond donors (Lipinski definition) is 2. The number of nitrogens with one attached hydrogen (secondary N) is 2. The van der Waals surface area contributed by atoms with E-state index in [0.717, 1.165) is 5.76 Å². The highest BCUT2D eigenvalue weighted by Crippen LogP contribution is 2.25. The van der Waals surface area contributed by atoms with Gasteiger partial charge in [0.1, 0.15) is 23.3 Å². The Morgan fingerprint density at radius 2 is 2.37 bits per heavy atom. The van der Waals surface area contributed by atoms with Gasteiger partial charge in [-0.2, -0.15) is 15.2 Å². The van der Waals surface area contributed by atoms with Crippen LogP contribution in [0.4, 0.5) is 5.82 Å². The quantitative estimate of drug-likeness (QED) is 0.716. The van der Waals surface area contributed by atoms with Crippen molar-refractivity contribution in [2.45, 2.75) is 6.54 Å². The first kappa shape index (κ1) is 11.6. The van der Waals surface area contributed by atoms with E-state index in [9.17, 15) is 0 Å². The number of hydrogen-bond acceptors (Lipinski definition) is 5. The lowest BCUT2D eigenvalue weighted by atomic mass is 10.2. The van der Waals surface area contributed by atoms with Gasteiger partial charge in [-0.1, -0.05) is 0 Å². The molecule has 0 aromatic carbocycles. The van der Waals surface area contributed by atoms with E-state index in [0.29, 0.717) is 29.0 Å². The molecule has 19 heavy (non-hydrogen) atoms. The maximum Gasteiger partial charge on any atom is 0.226 e. The molecule has 3 heterocycles. The Morgan fingerprint density at radius 1 is 1.47 bits per heavy atom. The van der Waals surface area contributed by atoms with Crippen LogP contribution in [0.5, 0.6) is 0 Å². The summed E-state index contributed by atoms with van der Waals surface area (Å²) in [6, 6.07) is 5.73. The maximum atomic E-state index is 9.07. The van der Waals surface area contributed by atoms with Gasteiger partial charge in [0.05, 0.1) is 23.8 Å². The molecule has 0 unspecified atom stereocenters. The van der Waals surface area contributed by atoms with Gasteiger partial charge in [-0.25, -0.2) is 0 Å². The SMILES string of the molecule is N#Cc1c[nH]c2nc(Cl)nc(NCc3ccco3)c12. The van der Waals surface area contributed by atoms with Crippen LogP contribution in [0.1, 0.15) is 11.3 Å². The molecule has 2 N–H and O–H groups in total. The minimum absolute atomic E-state index is 0.112. The molecule has 7 heteroatoms. The summed E-state index contributed by atoms with van der Waals surface area (Å²) in [6.07, 6.45) is 3.17. The van der Waals surface area contributed by atoms with Crippen molar-refractivity contribution >= 4 is 28.5 Å². The number of H-pyrrole nitrogens is 1. The lowest BCUT2D eigenvalue weighted by Crippen LogP contribution is -2.02. The second-order valence-corrected chi connectivity index (χ2v) is 4.15. The Hall–Kier alpha value is -2.52. The third kappa shape index (κ3) is 2.11. The number of nitrogens with zero attached hydrogens (tertiary/aromatic N) is 3. The number of rotatable bonds is 3. The lowest BCUT2D eigenvalue weighted by molar-refractivity contribution is 0.518. The maximum absolute atomic E-state index is 9.07. The summed E-state index contributed by atoms with van der Waals surface area (Å²) in [5, 5.41) is 12.9. The van der Waals surface area contributed by atoms with E-state index in [1.54, 1.807) is 18.5 Å². The van der Waals surface area contributed by atoms with Gasteiger partial charge >= 0.3 is 0 Å². The fourth-order valence-corrected chi connectivity index (χ4v) is 1.97. The summed E-state index contributed by atoms with van der Waals surface area (Å²) < 4.78 is 5.22. The second kappa shape index (κ2) is 4.63. The van der Waals surface area contributed by atoms with Gasteiger partial charge < -0.3 is 14.7 Å². The van der Waals surface area contributed by atoms with Crippen LogP contribution < -0.4 is 5.32 Å². The number of fused-ring (bicyclic) bond motifs is 1.